The van der Waals surface area contributed by atoms with Gasteiger partial charge >= 0.3 is 0 Å². The van der Waals surface area contributed by atoms with Crippen molar-refractivity contribution < 1.29 is 13.2 Å². The summed E-state index contributed by atoms with van der Waals surface area (Å²) in [6.45, 7) is 0.277. The Hall–Kier alpha value is -2.00. The molecule has 0 atom stereocenters. The van der Waals surface area contributed by atoms with Crippen molar-refractivity contribution in [3.63, 3.8) is 0 Å². The highest BCUT2D eigenvalue weighted by atomic mass is 79.9. The molecule has 7 nitrogen and oxygen atoms in total. The van der Waals surface area contributed by atoms with Gasteiger partial charge in [0.05, 0.1) is 11.3 Å². The molecule has 1 aromatic rings. The zero-order valence-electron chi connectivity index (χ0n) is 11.2. The van der Waals surface area contributed by atoms with E-state index in [1.807, 2.05) is 0 Å². The van der Waals surface area contributed by atoms with Crippen LogP contribution in [0.3, 0.4) is 0 Å². The lowest BCUT2D eigenvalue weighted by molar-refractivity contribution is -0.112. The maximum Gasteiger partial charge on any atom is 0.260 e. The third kappa shape index (κ3) is 3.09. The van der Waals surface area contributed by atoms with Gasteiger partial charge in [-0.3, -0.25) is 4.79 Å². The molecule has 1 N–H and O–H groups in total. The van der Waals surface area contributed by atoms with Gasteiger partial charge in [0, 0.05) is 23.4 Å². The predicted molar refractivity (Wildman–Crippen MR) is 85.7 cm³/mol. The van der Waals surface area contributed by atoms with Crippen LogP contribution in [0.2, 0.25) is 0 Å². The van der Waals surface area contributed by atoms with Crippen LogP contribution in [0.1, 0.15) is 0 Å². The minimum Gasteiger partial charge on any atom is -0.331 e. The fraction of sp³-hybridized carbons (Fsp3) is 0.154. The molecule has 0 radical (unpaired) electrons. The molecule has 1 amide bonds. The summed E-state index contributed by atoms with van der Waals surface area (Å²) in [5, 5.41) is 2.62. The average Bonchev–Trinajstić information content (AvgIpc) is 2.48. The van der Waals surface area contributed by atoms with Crippen LogP contribution in [0, 0.1) is 0 Å². The Balaban J connectivity index is 1.88. The maximum atomic E-state index is 12.4. The summed E-state index contributed by atoms with van der Waals surface area (Å²) in [7, 11) is -3.53. The van der Waals surface area contributed by atoms with E-state index in [1.54, 1.807) is 35.5 Å². The highest BCUT2D eigenvalue weighted by molar-refractivity contribution is 9.10. The van der Waals surface area contributed by atoms with Crippen molar-refractivity contribution >= 4 is 43.5 Å². The van der Waals surface area contributed by atoms with Gasteiger partial charge in [-0.15, -0.1) is 4.40 Å². The molecule has 114 valence electrons. The van der Waals surface area contributed by atoms with Gasteiger partial charge in [-0.25, -0.2) is 13.4 Å². The van der Waals surface area contributed by atoms with Crippen LogP contribution in [0.15, 0.2) is 51.1 Å². The van der Waals surface area contributed by atoms with Crippen molar-refractivity contribution in [3.05, 3.63) is 46.7 Å². The Labute approximate surface area is 135 Å². The number of anilines is 1. The summed E-state index contributed by atoms with van der Waals surface area (Å²) >= 11 is 3.26. The number of hydrogen-bond acceptors (Lipinski definition) is 5. The number of carbonyl (C=O) groups is 1. The number of nitrogens with zero attached hydrogens (tertiary/aromatic N) is 3. The number of nitrogens with one attached hydrogen (secondary N) is 1. The number of amidine groups is 1. The van der Waals surface area contributed by atoms with E-state index in [4.69, 9.17) is 0 Å². The third-order valence-corrected chi connectivity index (χ3v) is 4.69. The molecule has 9 heteroatoms. The third-order valence-electron chi connectivity index (χ3n) is 3.07. The SMILES string of the molecule is O=C(Nc1ccc(Br)cn1)C1=CC=CN2CCS(=O)(=O)N=C12. The molecule has 0 saturated carbocycles. The molecule has 1 aromatic heterocycles. The average molecular weight is 383 g/mol. The first-order valence-corrected chi connectivity index (χ1v) is 8.76. The second-order valence-electron chi connectivity index (χ2n) is 4.63. The van der Waals surface area contributed by atoms with Crippen LogP contribution >= 0.6 is 15.9 Å². The van der Waals surface area contributed by atoms with E-state index in [9.17, 15) is 13.2 Å². The largest absolute Gasteiger partial charge is 0.331 e. The number of fused-ring (bicyclic) bond motifs is 1. The maximum absolute atomic E-state index is 12.4. The van der Waals surface area contributed by atoms with Gasteiger partial charge in [-0.1, -0.05) is 0 Å². The van der Waals surface area contributed by atoms with Crippen LogP contribution in [0.4, 0.5) is 5.82 Å². The van der Waals surface area contributed by atoms with E-state index in [0.717, 1.165) is 4.47 Å². The van der Waals surface area contributed by atoms with Crippen LogP contribution < -0.4 is 5.32 Å². The molecule has 0 aliphatic carbocycles. The van der Waals surface area contributed by atoms with Gasteiger partial charge in [-0.05, 0) is 40.2 Å². The lowest BCUT2D eigenvalue weighted by atomic mass is 10.1. The molecule has 2 aliphatic heterocycles. The van der Waals surface area contributed by atoms with E-state index < -0.39 is 15.9 Å². The first-order valence-electron chi connectivity index (χ1n) is 6.36. The molecule has 3 heterocycles. The number of sulfonamides is 1. The Morgan fingerprint density at radius 1 is 1.36 bits per heavy atom. The number of carbonyl (C=O) groups excluding carboxylic acids is 1. The van der Waals surface area contributed by atoms with Gasteiger partial charge in [-0.2, -0.15) is 0 Å². The molecule has 0 spiro atoms. The topological polar surface area (TPSA) is 91.7 Å². The summed E-state index contributed by atoms with van der Waals surface area (Å²) in [4.78, 5) is 18.0. The Morgan fingerprint density at radius 3 is 2.91 bits per heavy atom. The smallest absolute Gasteiger partial charge is 0.260 e. The van der Waals surface area contributed by atoms with Gasteiger partial charge in [0.1, 0.15) is 5.82 Å². The summed E-state index contributed by atoms with van der Waals surface area (Å²) < 4.78 is 27.8. The normalized spacial score (nSPS) is 19.0. The monoisotopic (exact) mass is 382 g/mol. The van der Waals surface area contributed by atoms with Gasteiger partial charge in [0.15, 0.2) is 5.84 Å². The lowest BCUT2D eigenvalue weighted by Gasteiger charge is -2.28. The van der Waals surface area contributed by atoms with E-state index in [2.05, 4.69) is 30.6 Å². The van der Waals surface area contributed by atoms with E-state index >= 15 is 0 Å². The van der Waals surface area contributed by atoms with Crippen molar-refractivity contribution in [1.82, 2.24) is 9.88 Å². The lowest BCUT2D eigenvalue weighted by Crippen LogP contribution is -2.40. The second kappa shape index (κ2) is 5.65. The summed E-state index contributed by atoms with van der Waals surface area (Å²) in [5.41, 5.74) is 0.190. The quantitative estimate of drug-likeness (QED) is 0.831. The summed E-state index contributed by atoms with van der Waals surface area (Å²) in [6, 6.07) is 3.38. The van der Waals surface area contributed by atoms with E-state index in [-0.39, 0.29) is 23.7 Å². The minimum absolute atomic E-state index is 0.0655. The molecule has 0 unspecified atom stereocenters. The van der Waals surface area contributed by atoms with E-state index in [0.29, 0.717) is 5.82 Å². The van der Waals surface area contributed by atoms with Crippen molar-refractivity contribution in [2.45, 2.75) is 0 Å². The zero-order chi connectivity index (χ0) is 15.7. The summed E-state index contributed by atoms with van der Waals surface area (Å²) in [6.07, 6.45) is 6.47. The fourth-order valence-electron chi connectivity index (χ4n) is 2.03. The molecule has 0 fully saturated rings. The predicted octanol–water partition coefficient (Wildman–Crippen LogP) is 1.28. The Kier molecular flexibility index (Phi) is 3.83. The molecule has 22 heavy (non-hydrogen) atoms. The van der Waals surface area contributed by atoms with Crippen molar-refractivity contribution in [1.29, 1.82) is 0 Å². The molecule has 0 saturated heterocycles. The number of amides is 1. The molecule has 0 bridgehead atoms. The number of aromatic nitrogens is 1. The first kappa shape index (κ1) is 14.9. The van der Waals surface area contributed by atoms with Crippen molar-refractivity contribution in [2.75, 3.05) is 17.6 Å². The number of allylic oxidation sites excluding steroid dienone is 2. The molecular formula is C13H11BrN4O3S. The highest BCUT2D eigenvalue weighted by Crippen LogP contribution is 2.19. The van der Waals surface area contributed by atoms with Crippen LogP contribution in [0.5, 0.6) is 0 Å². The summed E-state index contributed by atoms with van der Waals surface area (Å²) in [5.74, 6) is -0.0119. The number of halogens is 1. The van der Waals surface area contributed by atoms with E-state index in [1.165, 1.54) is 6.08 Å². The van der Waals surface area contributed by atoms with Gasteiger partial charge in [0.25, 0.3) is 15.9 Å². The zero-order valence-corrected chi connectivity index (χ0v) is 13.6. The Bertz CT molecular complexity index is 812. The number of rotatable bonds is 2. The van der Waals surface area contributed by atoms with Gasteiger partial charge < -0.3 is 10.2 Å². The Morgan fingerprint density at radius 2 is 2.18 bits per heavy atom. The molecular weight excluding hydrogens is 372 g/mol. The fourth-order valence-corrected chi connectivity index (χ4v) is 3.25. The van der Waals surface area contributed by atoms with Crippen LogP contribution in [0.25, 0.3) is 0 Å². The molecule has 0 aromatic carbocycles. The molecule has 2 aliphatic rings. The van der Waals surface area contributed by atoms with Crippen molar-refractivity contribution in [2.24, 2.45) is 4.40 Å². The number of pyridine rings is 1. The van der Waals surface area contributed by atoms with Crippen LogP contribution in [-0.2, 0) is 14.8 Å². The van der Waals surface area contributed by atoms with Crippen molar-refractivity contribution in [3.8, 4) is 0 Å². The standard InChI is InChI=1S/C13H11BrN4O3S/c14-9-3-4-11(15-8-9)16-13(19)10-2-1-5-18-6-7-22(20,21)17-12(10)18/h1-5,8H,6-7H2,(H,15,16,19). The first-order chi connectivity index (χ1) is 10.4. The highest BCUT2D eigenvalue weighted by Gasteiger charge is 2.30. The second-order valence-corrected chi connectivity index (χ2v) is 7.30. The van der Waals surface area contributed by atoms with Crippen LogP contribution in [-0.4, -0.2) is 42.3 Å². The number of hydrogen-bond donors (Lipinski definition) is 1. The minimum atomic E-state index is -3.53. The van der Waals surface area contributed by atoms with Gasteiger partial charge in [0.2, 0.25) is 0 Å². The molecule has 3 rings (SSSR count).